The van der Waals surface area contributed by atoms with Gasteiger partial charge in [0.15, 0.2) is 0 Å². The van der Waals surface area contributed by atoms with Crippen LogP contribution in [0.4, 0.5) is 17.1 Å². The number of hydrogen-bond acceptors (Lipinski definition) is 3. The van der Waals surface area contributed by atoms with E-state index in [1.165, 1.54) is 23.1 Å². The second-order valence-electron chi connectivity index (χ2n) is 4.09. The second-order valence-corrected chi connectivity index (χ2v) is 4.79. The maximum absolute atomic E-state index is 12.1. The van der Waals surface area contributed by atoms with Crippen LogP contribution in [-0.4, -0.2) is 16.7 Å². The van der Waals surface area contributed by atoms with Crippen LogP contribution in [0.3, 0.4) is 0 Å². The standard InChI is InChI=1S/C14H10Cl2N2O3/c15-9-14(19)17(11-4-2-1-3-5-11)13-8-10(16)6-7-12(13)18(20)21/h1-8H,9H2. The molecule has 0 aliphatic rings. The smallest absolute Gasteiger partial charge is 0.273 e. The van der Waals surface area contributed by atoms with Gasteiger partial charge in [-0.25, -0.2) is 0 Å². The van der Waals surface area contributed by atoms with Crippen molar-refractivity contribution in [3.05, 3.63) is 63.7 Å². The number of anilines is 2. The summed E-state index contributed by atoms with van der Waals surface area (Å²) in [5.41, 5.74) is 0.347. The number of rotatable bonds is 4. The first kappa shape index (κ1) is 15.3. The van der Waals surface area contributed by atoms with Crippen LogP contribution in [0.1, 0.15) is 0 Å². The monoisotopic (exact) mass is 324 g/mol. The zero-order valence-corrected chi connectivity index (χ0v) is 12.2. The van der Waals surface area contributed by atoms with Crippen molar-refractivity contribution in [2.24, 2.45) is 0 Å². The summed E-state index contributed by atoms with van der Waals surface area (Å²) in [6.07, 6.45) is 0. The van der Waals surface area contributed by atoms with Gasteiger partial charge in [0.1, 0.15) is 11.6 Å². The molecule has 0 fully saturated rings. The van der Waals surface area contributed by atoms with Crippen molar-refractivity contribution in [1.82, 2.24) is 0 Å². The van der Waals surface area contributed by atoms with E-state index in [9.17, 15) is 14.9 Å². The Labute approximate surface area is 130 Å². The summed E-state index contributed by atoms with van der Waals surface area (Å²) in [5, 5.41) is 11.5. The zero-order valence-electron chi connectivity index (χ0n) is 10.7. The lowest BCUT2D eigenvalue weighted by atomic mass is 10.2. The van der Waals surface area contributed by atoms with Crippen molar-refractivity contribution in [3.63, 3.8) is 0 Å². The van der Waals surface area contributed by atoms with Gasteiger partial charge in [-0.1, -0.05) is 29.8 Å². The molecule has 0 aliphatic carbocycles. The Morgan fingerprint density at radius 2 is 1.86 bits per heavy atom. The van der Waals surface area contributed by atoms with Crippen LogP contribution >= 0.6 is 23.2 Å². The molecular weight excluding hydrogens is 315 g/mol. The number of amides is 1. The van der Waals surface area contributed by atoms with Gasteiger partial charge in [0.25, 0.3) is 5.69 Å². The van der Waals surface area contributed by atoms with Crippen LogP contribution in [0.2, 0.25) is 5.02 Å². The van der Waals surface area contributed by atoms with E-state index in [-0.39, 0.29) is 17.3 Å². The minimum absolute atomic E-state index is 0.0874. The largest absolute Gasteiger partial charge is 0.293 e. The van der Waals surface area contributed by atoms with Gasteiger partial charge in [-0.2, -0.15) is 0 Å². The summed E-state index contributed by atoms with van der Waals surface area (Å²) in [5.74, 6) is -0.785. The SMILES string of the molecule is O=C(CCl)N(c1ccccc1)c1cc(Cl)ccc1[N+](=O)[O-]. The van der Waals surface area contributed by atoms with Crippen LogP contribution in [0.15, 0.2) is 48.5 Å². The lowest BCUT2D eigenvalue weighted by Crippen LogP contribution is -2.27. The summed E-state index contributed by atoms with van der Waals surface area (Å²) in [4.78, 5) is 23.9. The number of nitrogens with zero attached hydrogens (tertiary/aromatic N) is 2. The molecule has 108 valence electrons. The van der Waals surface area contributed by atoms with E-state index in [2.05, 4.69) is 0 Å². The molecule has 0 unspecified atom stereocenters. The average Bonchev–Trinajstić information content (AvgIpc) is 2.48. The fraction of sp³-hybridized carbons (Fsp3) is 0.0714. The molecule has 0 aliphatic heterocycles. The molecule has 0 radical (unpaired) electrons. The number of para-hydroxylation sites is 1. The predicted octanol–water partition coefficient (Wildman–Crippen LogP) is 4.15. The van der Waals surface area contributed by atoms with E-state index in [4.69, 9.17) is 23.2 Å². The first-order valence-electron chi connectivity index (χ1n) is 5.92. The number of nitro benzene ring substituents is 1. The van der Waals surface area contributed by atoms with E-state index in [0.717, 1.165) is 0 Å². The molecule has 0 bridgehead atoms. The summed E-state index contributed by atoms with van der Waals surface area (Å²) in [6, 6.07) is 12.6. The number of carbonyl (C=O) groups excluding carboxylic acids is 1. The van der Waals surface area contributed by atoms with Crippen molar-refractivity contribution < 1.29 is 9.72 Å². The number of halogens is 2. The van der Waals surface area contributed by atoms with Crippen molar-refractivity contribution in [2.75, 3.05) is 10.8 Å². The highest BCUT2D eigenvalue weighted by molar-refractivity contribution is 6.32. The van der Waals surface area contributed by atoms with Crippen LogP contribution in [0.25, 0.3) is 0 Å². The van der Waals surface area contributed by atoms with Gasteiger partial charge in [-0.3, -0.25) is 19.8 Å². The van der Waals surface area contributed by atoms with Gasteiger partial charge in [-0.15, -0.1) is 11.6 Å². The summed E-state index contributed by atoms with van der Waals surface area (Å²) >= 11 is 11.5. The molecular formula is C14H10Cl2N2O3. The minimum atomic E-state index is -0.566. The van der Waals surface area contributed by atoms with E-state index in [1.807, 2.05) is 0 Å². The van der Waals surface area contributed by atoms with Crippen LogP contribution in [0, 0.1) is 10.1 Å². The molecule has 0 aromatic heterocycles. The molecule has 7 heteroatoms. The third kappa shape index (κ3) is 3.32. The van der Waals surface area contributed by atoms with Crippen molar-refractivity contribution in [1.29, 1.82) is 0 Å². The van der Waals surface area contributed by atoms with Gasteiger partial charge in [0.05, 0.1) is 4.92 Å². The van der Waals surface area contributed by atoms with Gasteiger partial charge >= 0.3 is 0 Å². The maximum atomic E-state index is 12.1. The van der Waals surface area contributed by atoms with Crippen molar-refractivity contribution in [3.8, 4) is 0 Å². The topological polar surface area (TPSA) is 63.5 Å². The summed E-state index contributed by atoms with van der Waals surface area (Å²) < 4.78 is 0. The summed E-state index contributed by atoms with van der Waals surface area (Å²) in [6.45, 7) is 0. The van der Waals surface area contributed by atoms with Gasteiger partial charge in [0.2, 0.25) is 5.91 Å². The predicted molar refractivity (Wildman–Crippen MR) is 82.4 cm³/mol. The Hall–Kier alpha value is -2.11. The Kier molecular flexibility index (Phi) is 4.77. The minimum Gasteiger partial charge on any atom is -0.273 e. The molecule has 0 saturated carbocycles. The first-order valence-corrected chi connectivity index (χ1v) is 6.83. The van der Waals surface area contributed by atoms with E-state index in [1.54, 1.807) is 30.3 Å². The Morgan fingerprint density at radius 1 is 1.19 bits per heavy atom. The maximum Gasteiger partial charge on any atom is 0.293 e. The molecule has 2 aromatic rings. The summed E-state index contributed by atoms with van der Waals surface area (Å²) in [7, 11) is 0. The third-order valence-electron chi connectivity index (χ3n) is 2.75. The van der Waals surface area contributed by atoms with E-state index >= 15 is 0 Å². The Bertz CT molecular complexity index is 677. The van der Waals surface area contributed by atoms with Gasteiger partial charge in [0, 0.05) is 16.8 Å². The van der Waals surface area contributed by atoms with Crippen molar-refractivity contribution >= 4 is 46.2 Å². The molecule has 21 heavy (non-hydrogen) atoms. The number of carbonyl (C=O) groups is 1. The number of hydrogen-bond donors (Lipinski definition) is 0. The van der Waals surface area contributed by atoms with Crippen LogP contribution in [-0.2, 0) is 4.79 Å². The number of nitro groups is 1. The van der Waals surface area contributed by atoms with E-state index < -0.39 is 10.8 Å². The molecule has 1 amide bonds. The molecule has 5 nitrogen and oxygen atoms in total. The second kappa shape index (κ2) is 6.56. The Morgan fingerprint density at radius 3 is 2.43 bits per heavy atom. The lowest BCUT2D eigenvalue weighted by molar-refractivity contribution is -0.384. The third-order valence-corrected chi connectivity index (χ3v) is 3.22. The molecule has 2 rings (SSSR count). The molecule has 0 N–H and O–H groups in total. The fourth-order valence-electron chi connectivity index (χ4n) is 1.88. The first-order chi connectivity index (χ1) is 10.0. The zero-order chi connectivity index (χ0) is 15.4. The highest BCUT2D eigenvalue weighted by Gasteiger charge is 2.25. The average molecular weight is 325 g/mol. The fourth-order valence-corrected chi connectivity index (χ4v) is 2.17. The molecule has 0 saturated heterocycles. The quantitative estimate of drug-likeness (QED) is 0.482. The van der Waals surface area contributed by atoms with Crippen LogP contribution < -0.4 is 4.90 Å². The molecule has 2 aromatic carbocycles. The molecule has 0 atom stereocenters. The number of alkyl halides is 1. The van der Waals surface area contributed by atoms with E-state index in [0.29, 0.717) is 10.7 Å². The van der Waals surface area contributed by atoms with Gasteiger partial charge in [-0.05, 0) is 24.3 Å². The lowest BCUT2D eigenvalue weighted by Gasteiger charge is -2.22. The molecule has 0 spiro atoms. The van der Waals surface area contributed by atoms with Crippen molar-refractivity contribution in [2.45, 2.75) is 0 Å². The number of benzene rings is 2. The normalized spacial score (nSPS) is 10.2. The van der Waals surface area contributed by atoms with Crippen LogP contribution in [0.5, 0.6) is 0 Å². The molecule has 0 heterocycles. The highest BCUT2D eigenvalue weighted by Crippen LogP contribution is 2.35. The Balaban J connectivity index is 2.65. The van der Waals surface area contributed by atoms with Gasteiger partial charge < -0.3 is 0 Å². The highest BCUT2D eigenvalue weighted by atomic mass is 35.5.